The summed E-state index contributed by atoms with van der Waals surface area (Å²) in [4.78, 5) is 0. The van der Waals surface area contributed by atoms with Crippen molar-refractivity contribution in [2.24, 2.45) is 0 Å². The maximum atomic E-state index is 10.8. The molecule has 0 spiro atoms. The number of aryl methyl sites for hydroxylation is 2. The van der Waals surface area contributed by atoms with E-state index in [9.17, 15) is 5.11 Å². The second-order valence-electron chi connectivity index (χ2n) is 5.43. The molecule has 21 heavy (non-hydrogen) atoms. The molecule has 0 amide bonds. The van der Waals surface area contributed by atoms with Gasteiger partial charge in [0.15, 0.2) is 0 Å². The molecule has 3 aromatic carbocycles. The fourth-order valence-electron chi connectivity index (χ4n) is 2.75. The fourth-order valence-corrected chi connectivity index (χ4v) is 2.97. The van der Waals surface area contributed by atoms with E-state index in [2.05, 4.69) is 12.1 Å². The zero-order chi connectivity index (χ0) is 15.0. The lowest BCUT2D eigenvalue weighted by Crippen LogP contribution is -2.03. The Morgan fingerprint density at radius 2 is 1.57 bits per heavy atom. The lowest BCUT2D eigenvalue weighted by molar-refractivity contribution is 0.221. The Balaban J connectivity index is 2.17. The molecule has 0 aliphatic rings. The highest BCUT2D eigenvalue weighted by Gasteiger charge is 2.16. The molecule has 1 atom stereocenters. The topological polar surface area (TPSA) is 20.2 Å². The van der Waals surface area contributed by atoms with Gasteiger partial charge in [-0.25, -0.2) is 0 Å². The van der Waals surface area contributed by atoms with E-state index in [1.807, 2.05) is 56.3 Å². The average Bonchev–Trinajstić information content (AvgIpc) is 2.49. The van der Waals surface area contributed by atoms with Gasteiger partial charge in [0.1, 0.15) is 6.10 Å². The van der Waals surface area contributed by atoms with Crippen LogP contribution in [0.25, 0.3) is 10.8 Å². The first kappa shape index (κ1) is 14.1. The van der Waals surface area contributed by atoms with Crippen molar-refractivity contribution in [1.29, 1.82) is 0 Å². The first-order valence-corrected chi connectivity index (χ1v) is 7.38. The summed E-state index contributed by atoms with van der Waals surface area (Å²) in [5.74, 6) is 0. The lowest BCUT2D eigenvalue weighted by Gasteiger charge is -2.17. The Morgan fingerprint density at radius 1 is 0.857 bits per heavy atom. The van der Waals surface area contributed by atoms with Crippen LogP contribution in [0.15, 0.2) is 54.6 Å². The molecule has 0 fully saturated rings. The molecule has 3 rings (SSSR count). The second-order valence-corrected chi connectivity index (χ2v) is 5.84. The summed E-state index contributed by atoms with van der Waals surface area (Å²) in [6, 6.07) is 18.0. The number of fused-ring (bicyclic) bond motifs is 1. The highest BCUT2D eigenvalue weighted by atomic mass is 35.5. The monoisotopic (exact) mass is 296 g/mol. The molecule has 0 aliphatic carbocycles. The third-order valence-electron chi connectivity index (χ3n) is 3.96. The van der Waals surface area contributed by atoms with E-state index in [0.29, 0.717) is 0 Å². The molecule has 0 bridgehead atoms. The molecular weight excluding hydrogens is 280 g/mol. The summed E-state index contributed by atoms with van der Waals surface area (Å²) in [6.07, 6.45) is -0.646. The molecule has 2 heteroatoms. The van der Waals surface area contributed by atoms with Gasteiger partial charge in [0.25, 0.3) is 0 Å². The van der Waals surface area contributed by atoms with Gasteiger partial charge in [-0.1, -0.05) is 60.1 Å². The van der Waals surface area contributed by atoms with Crippen molar-refractivity contribution in [3.05, 3.63) is 81.9 Å². The number of benzene rings is 3. The third kappa shape index (κ3) is 2.55. The van der Waals surface area contributed by atoms with Crippen LogP contribution in [-0.2, 0) is 0 Å². The molecule has 0 saturated heterocycles. The van der Waals surface area contributed by atoms with Crippen LogP contribution in [0.1, 0.15) is 28.4 Å². The minimum Gasteiger partial charge on any atom is -0.384 e. The van der Waals surface area contributed by atoms with Crippen LogP contribution in [0.4, 0.5) is 0 Å². The molecule has 0 saturated carbocycles. The molecule has 1 N–H and O–H groups in total. The van der Waals surface area contributed by atoms with Crippen LogP contribution >= 0.6 is 11.6 Å². The first-order valence-electron chi connectivity index (χ1n) is 7.00. The van der Waals surface area contributed by atoms with Gasteiger partial charge < -0.3 is 5.11 Å². The molecule has 106 valence electrons. The number of hydrogen-bond acceptors (Lipinski definition) is 1. The van der Waals surface area contributed by atoms with E-state index in [-0.39, 0.29) is 0 Å². The quantitative estimate of drug-likeness (QED) is 0.690. The minimum atomic E-state index is -0.646. The van der Waals surface area contributed by atoms with Crippen molar-refractivity contribution in [2.75, 3.05) is 0 Å². The highest BCUT2D eigenvalue weighted by Crippen LogP contribution is 2.32. The summed E-state index contributed by atoms with van der Waals surface area (Å²) in [6.45, 7) is 3.94. The van der Waals surface area contributed by atoms with E-state index in [0.717, 1.165) is 38.0 Å². The number of rotatable bonds is 2. The summed E-state index contributed by atoms with van der Waals surface area (Å²) >= 11 is 6.15. The molecule has 1 nitrogen and oxygen atoms in total. The minimum absolute atomic E-state index is 0.646. The van der Waals surface area contributed by atoms with Gasteiger partial charge in [-0.15, -0.1) is 0 Å². The molecule has 0 aromatic heterocycles. The van der Waals surface area contributed by atoms with Gasteiger partial charge in [-0.3, -0.25) is 0 Å². The molecular formula is C19H17ClO. The van der Waals surface area contributed by atoms with E-state index in [1.165, 1.54) is 0 Å². The summed E-state index contributed by atoms with van der Waals surface area (Å²) in [5.41, 5.74) is 3.83. The molecule has 3 aromatic rings. The van der Waals surface area contributed by atoms with Gasteiger partial charge in [0.2, 0.25) is 0 Å². The summed E-state index contributed by atoms with van der Waals surface area (Å²) in [5, 5.41) is 13.8. The first-order chi connectivity index (χ1) is 10.1. The second kappa shape index (κ2) is 5.51. The predicted molar refractivity (Wildman–Crippen MR) is 88.9 cm³/mol. The molecule has 0 aliphatic heterocycles. The molecule has 0 heterocycles. The highest BCUT2D eigenvalue weighted by molar-refractivity contribution is 6.31. The van der Waals surface area contributed by atoms with Crippen molar-refractivity contribution >= 4 is 22.4 Å². The van der Waals surface area contributed by atoms with E-state index in [4.69, 9.17) is 11.6 Å². The zero-order valence-electron chi connectivity index (χ0n) is 12.1. The van der Waals surface area contributed by atoms with E-state index in [1.54, 1.807) is 0 Å². The molecule has 0 radical (unpaired) electrons. The van der Waals surface area contributed by atoms with Crippen LogP contribution in [0.2, 0.25) is 5.02 Å². The summed E-state index contributed by atoms with van der Waals surface area (Å²) in [7, 11) is 0. The molecule has 1 unspecified atom stereocenters. The van der Waals surface area contributed by atoms with Gasteiger partial charge in [0, 0.05) is 5.02 Å². The van der Waals surface area contributed by atoms with E-state index >= 15 is 0 Å². The van der Waals surface area contributed by atoms with Crippen LogP contribution in [-0.4, -0.2) is 5.11 Å². The van der Waals surface area contributed by atoms with Crippen molar-refractivity contribution in [3.8, 4) is 0 Å². The van der Waals surface area contributed by atoms with Crippen molar-refractivity contribution in [2.45, 2.75) is 20.0 Å². The Hall–Kier alpha value is -1.83. The normalized spacial score (nSPS) is 12.6. The van der Waals surface area contributed by atoms with Crippen molar-refractivity contribution in [1.82, 2.24) is 0 Å². The smallest absolute Gasteiger partial charge is 0.105 e. The maximum Gasteiger partial charge on any atom is 0.105 e. The van der Waals surface area contributed by atoms with Crippen LogP contribution in [0.5, 0.6) is 0 Å². The van der Waals surface area contributed by atoms with Crippen LogP contribution in [0, 0.1) is 13.8 Å². The third-order valence-corrected chi connectivity index (χ3v) is 4.37. The standard InChI is InChI=1S/C19H17ClO/c1-12-11-18(20)13(2)10-17(12)19(21)16-9-5-7-14-6-3-4-8-15(14)16/h3-11,19,21H,1-2H3. The maximum absolute atomic E-state index is 10.8. The predicted octanol–water partition coefficient (Wildman–Crippen LogP) is 5.19. The summed E-state index contributed by atoms with van der Waals surface area (Å²) < 4.78 is 0. The van der Waals surface area contributed by atoms with Crippen LogP contribution < -0.4 is 0 Å². The van der Waals surface area contributed by atoms with Crippen molar-refractivity contribution < 1.29 is 5.11 Å². The number of aliphatic hydroxyl groups is 1. The zero-order valence-corrected chi connectivity index (χ0v) is 12.9. The van der Waals surface area contributed by atoms with Gasteiger partial charge in [0.05, 0.1) is 0 Å². The Kier molecular flexibility index (Phi) is 3.71. The Labute approximate surface area is 129 Å². The SMILES string of the molecule is Cc1cc(C(O)c2cccc3ccccc23)c(C)cc1Cl. The number of hydrogen-bond donors (Lipinski definition) is 1. The van der Waals surface area contributed by atoms with Crippen LogP contribution in [0.3, 0.4) is 0 Å². The number of halogens is 1. The fraction of sp³-hybridized carbons (Fsp3) is 0.158. The van der Waals surface area contributed by atoms with E-state index < -0.39 is 6.10 Å². The van der Waals surface area contributed by atoms with Crippen molar-refractivity contribution in [3.63, 3.8) is 0 Å². The Morgan fingerprint density at radius 3 is 2.38 bits per heavy atom. The largest absolute Gasteiger partial charge is 0.384 e. The lowest BCUT2D eigenvalue weighted by atomic mass is 9.92. The van der Waals surface area contributed by atoms with Gasteiger partial charge in [-0.2, -0.15) is 0 Å². The number of aliphatic hydroxyl groups excluding tert-OH is 1. The average molecular weight is 297 g/mol. The Bertz CT molecular complexity index is 803. The van der Waals surface area contributed by atoms with Gasteiger partial charge in [-0.05, 0) is 52.9 Å². The van der Waals surface area contributed by atoms with Gasteiger partial charge >= 0.3 is 0 Å².